The van der Waals surface area contributed by atoms with Gasteiger partial charge in [-0.15, -0.1) is 10.2 Å². The molecule has 1 saturated carbocycles. The average Bonchev–Trinajstić information content (AvgIpc) is 3.44. The summed E-state index contributed by atoms with van der Waals surface area (Å²) in [5, 5.41) is 13.2. The zero-order valence-electron chi connectivity index (χ0n) is 16.7. The van der Waals surface area contributed by atoms with Gasteiger partial charge >= 0.3 is 0 Å². The van der Waals surface area contributed by atoms with Crippen molar-refractivity contribution in [2.24, 2.45) is 0 Å². The lowest BCUT2D eigenvalue weighted by atomic mass is 10.1. The number of fused-ring (bicyclic) bond motifs is 1. The molecule has 0 atom stereocenters. The van der Waals surface area contributed by atoms with Crippen molar-refractivity contribution >= 4 is 28.6 Å². The molecule has 2 aromatic heterocycles. The molecule has 2 heterocycles. The summed E-state index contributed by atoms with van der Waals surface area (Å²) in [5.74, 6) is 0.377. The number of carbonyl (C=O) groups is 1. The molecule has 4 rings (SSSR count). The van der Waals surface area contributed by atoms with Gasteiger partial charge in [-0.1, -0.05) is 36.7 Å². The number of hydrogen-bond donors (Lipinski definition) is 1. The van der Waals surface area contributed by atoms with E-state index < -0.39 is 5.82 Å². The SMILES string of the molecule is CSc1nnc(CCCNC(=O)c2oc3c(F)cccc3c2C)n1C1CCCC1. The van der Waals surface area contributed by atoms with E-state index in [1.807, 2.05) is 6.26 Å². The standard InChI is InChI=1S/C21H25FN4O2S/c1-13-15-9-5-10-16(22)19(15)28-18(13)20(27)23-12-6-11-17-24-25-21(29-2)26(17)14-7-3-4-8-14/h5,9-10,14H,3-4,6-8,11-12H2,1-2H3,(H,23,27). The van der Waals surface area contributed by atoms with Crippen LogP contribution < -0.4 is 5.32 Å². The number of benzene rings is 1. The van der Waals surface area contributed by atoms with Crippen molar-refractivity contribution in [3.8, 4) is 0 Å². The van der Waals surface area contributed by atoms with Crippen molar-refractivity contribution < 1.29 is 13.6 Å². The first-order valence-corrected chi connectivity index (χ1v) is 11.3. The summed E-state index contributed by atoms with van der Waals surface area (Å²) in [6.07, 6.45) is 8.39. The quantitative estimate of drug-likeness (QED) is 0.447. The van der Waals surface area contributed by atoms with Crippen LogP contribution in [0.5, 0.6) is 0 Å². The topological polar surface area (TPSA) is 73.0 Å². The van der Waals surface area contributed by atoms with Gasteiger partial charge < -0.3 is 14.3 Å². The third-order valence-electron chi connectivity index (χ3n) is 5.59. The minimum atomic E-state index is -0.458. The molecule has 1 aliphatic rings. The Bertz CT molecular complexity index is 1020. The van der Waals surface area contributed by atoms with Gasteiger partial charge in [0.05, 0.1) is 0 Å². The maximum atomic E-state index is 13.9. The van der Waals surface area contributed by atoms with E-state index in [4.69, 9.17) is 4.42 Å². The number of para-hydroxylation sites is 1. The molecule has 29 heavy (non-hydrogen) atoms. The second-order valence-electron chi connectivity index (χ2n) is 7.44. The Morgan fingerprint density at radius 1 is 1.34 bits per heavy atom. The maximum Gasteiger partial charge on any atom is 0.287 e. The number of amides is 1. The van der Waals surface area contributed by atoms with Gasteiger partial charge in [-0.25, -0.2) is 4.39 Å². The van der Waals surface area contributed by atoms with E-state index in [2.05, 4.69) is 20.1 Å². The van der Waals surface area contributed by atoms with Gasteiger partial charge in [-0.05, 0) is 38.5 Å². The third-order valence-corrected chi connectivity index (χ3v) is 6.24. The first kappa shape index (κ1) is 19.9. The molecular formula is C21H25FN4O2S. The van der Waals surface area contributed by atoms with E-state index in [1.54, 1.807) is 30.8 Å². The Balaban J connectivity index is 1.38. The molecule has 0 unspecified atom stereocenters. The number of aryl methyl sites for hydroxylation is 2. The molecule has 0 bridgehead atoms. The summed E-state index contributed by atoms with van der Waals surface area (Å²) in [6, 6.07) is 5.19. The molecule has 6 nitrogen and oxygen atoms in total. The normalized spacial score (nSPS) is 14.7. The predicted molar refractivity (Wildman–Crippen MR) is 111 cm³/mol. The predicted octanol–water partition coefficient (Wildman–Crippen LogP) is 4.67. The maximum absolute atomic E-state index is 13.9. The van der Waals surface area contributed by atoms with Gasteiger partial charge in [-0.3, -0.25) is 4.79 Å². The lowest BCUT2D eigenvalue weighted by Gasteiger charge is -2.16. The molecule has 1 N–H and O–H groups in total. The van der Waals surface area contributed by atoms with Crippen molar-refractivity contribution in [2.45, 2.75) is 56.6 Å². The number of rotatable bonds is 7. The molecule has 8 heteroatoms. The van der Waals surface area contributed by atoms with Crippen LogP contribution in [0.3, 0.4) is 0 Å². The smallest absolute Gasteiger partial charge is 0.287 e. The van der Waals surface area contributed by atoms with E-state index >= 15 is 0 Å². The molecular weight excluding hydrogens is 391 g/mol. The van der Waals surface area contributed by atoms with Crippen molar-refractivity contribution in [1.82, 2.24) is 20.1 Å². The van der Waals surface area contributed by atoms with Crippen LogP contribution >= 0.6 is 11.8 Å². The summed E-state index contributed by atoms with van der Waals surface area (Å²) >= 11 is 1.63. The number of aromatic nitrogens is 3. The van der Waals surface area contributed by atoms with Gasteiger partial charge in [0.15, 0.2) is 22.3 Å². The summed E-state index contributed by atoms with van der Waals surface area (Å²) < 4.78 is 21.7. The van der Waals surface area contributed by atoms with Crippen molar-refractivity contribution in [3.63, 3.8) is 0 Å². The van der Waals surface area contributed by atoms with E-state index in [-0.39, 0.29) is 17.3 Å². The largest absolute Gasteiger partial charge is 0.448 e. The summed E-state index contributed by atoms with van der Waals surface area (Å²) in [7, 11) is 0. The number of carbonyl (C=O) groups excluding carboxylic acids is 1. The monoisotopic (exact) mass is 416 g/mol. The fraction of sp³-hybridized carbons (Fsp3) is 0.476. The molecule has 3 aromatic rings. The summed E-state index contributed by atoms with van der Waals surface area (Å²) in [5.41, 5.74) is 0.784. The fourth-order valence-electron chi connectivity index (χ4n) is 4.10. The molecule has 1 aliphatic carbocycles. The second-order valence-corrected chi connectivity index (χ2v) is 8.22. The van der Waals surface area contributed by atoms with Crippen LogP contribution in [0.25, 0.3) is 11.0 Å². The van der Waals surface area contributed by atoms with Crippen LogP contribution in [-0.2, 0) is 6.42 Å². The van der Waals surface area contributed by atoms with Crippen molar-refractivity contribution in [3.05, 3.63) is 41.2 Å². The highest BCUT2D eigenvalue weighted by molar-refractivity contribution is 7.98. The van der Waals surface area contributed by atoms with Crippen LogP contribution in [0.2, 0.25) is 0 Å². The van der Waals surface area contributed by atoms with Gasteiger partial charge in [-0.2, -0.15) is 0 Å². The van der Waals surface area contributed by atoms with Gasteiger partial charge in [0.25, 0.3) is 5.91 Å². The zero-order chi connectivity index (χ0) is 20.4. The van der Waals surface area contributed by atoms with E-state index in [0.29, 0.717) is 23.5 Å². The number of nitrogens with zero attached hydrogens (tertiary/aromatic N) is 3. The van der Waals surface area contributed by atoms with Gasteiger partial charge in [0.1, 0.15) is 5.82 Å². The minimum absolute atomic E-state index is 0.129. The van der Waals surface area contributed by atoms with Crippen LogP contribution in [0.15, 0.2) is 27.8 Å². The summed E-state index contributed by atoms with van der Waals surface area (Å²) in [6.45, 7) is 2.26. The van der Waals surface area contributed by atoms with E-state index in [9.17, 15) is 9.18 Å². The highest BCUT2D eigenvalue weighted by Crippen LogP contribution is 2.33. The zero-order valence-corrected chi connectivity index (χ0v) is 17.5. The molecule has 0 radical (unpaired) electrons. The Morgan fingerprint density at radius 3 is 2.86 bits per heavy atom. The lowest BCUT2D eigenvalue weighted by Crippen LogP contribution is -2.25. The molecule has 1 aromatic carbocycles. The number of halogens is 1. The van der Waals surface area contributed by atoms with Crippen molar-refractivity contribution in [2.75, 3.05) is 12.8 Å². The Labute approximate surface area is 173 Å². The minimum Gasteiger partial charge on any atom is -0.448 e. The second kappa shape index (κ2) is 8.57. The first-order valence-electron chi connectivity index (χ1n) is 10.0. The number of thioether (sulfide) groups is 1. The Morgan fingerprint density at radius 2 is 2.14 bits per heavy atom. The van der Waals surface area contributed by atoms with Gasteiger partial charge in [0.2, 0.25) is 0 Å². The molecule has 1 fully saturated rings. The number of furan rings is 1. The van der Waals surface area contributed by atoms with E-state index in [0.717, 1.165) is 23.8 Å². The van der Waals surface area contributed by atoms with Crippen LogP contribution in [0, 0.1) is 12.7 Å². The highest BCUT2D eigenvalue weighted by atomic mass is 32.2. The Hall–Kier alpha value is -2.35. The molecule has 1 amide bonds. The molecule has 0 aliphatic heterocycles. The van der Waals surface area contributed by atoms with E-state index in [1.165, 1.54) is 31.7 Å². The molecule has 154 valence electrons. The third kappa shape index (κ3) is 3.90. The van der Waals surface area contributed by atoms with Crippen molar-refractivity contribution in [1.29, 1.82) is 0 Å². The fourth-order valence-corrected chi connectivity index (χ4v) is 4.67. The molecule has 0 spiro atoms. The number of hydrogen-bond acceptors (Lipinski definition) is 5. The Kier molecular flexibility index (Phi) is 5.89. The van der Waals surface area contributed by atoms with Crippen LogP contribution in [0.4, 0.5) is 4.39 Å². The average molecular weight is 417 g/mol. The number of nitrogens with one attached hydrogen (secondary N) is 1. The highest BCUT2D eigenvalue weighted by Gasteiger charge is 2.23. The van der Waals surface area contributed by atoms with Gasteiger partial charge in [0, 0.05) is 30.0 Å². The first-order chi connectivity index (χ1) is 14.1. The molecule has 0 saturated heterocycles. The van der Waals surface area contributed by atoms with Crippen LogP contribution in [0.1, 0.15) is 60.1 Å². The summed E-state index contributed by atoms with van der Waals surface area (Å²) in [4.78, 5) is 12.5. The lowest BCUT2D eigenvalue weighted by molar-refractivity contribution is 0.0926. The van der Waals surface area contributed by atoms with Crippen LogP contribution in [-0.4, -0.2) is 33.5 Å².